The summed E-state index contributed by atoms with van der Waals surface area (Å²) in [6, 6.07) is 14.8. The van der Waals surface area contributed by atoms with Gasteiger partial charge < -0.3 is 10.0 Å². The van der Waals surface area contributed by atoms with Crippen molar-refractivity contribution in [2.75, 3.05) is 11.4 Å². The molecule has 0 spiro atoms. The number of aliphatic hydroxyl groups is 1. The first-order valence-corrected chi connectivity index (χ1v) is 8.17. The third-order valence-electron chi connectivity index (χ3n) is 4.27. The molecule has 1 heterocycles. The lowest BCUT2D eigenvalue weighted by Crippen LogP contribution is -2.42. The number of hydrogen-bond donors (Lipinski definition) is 1. The van der Waals surface area contributed by atoms with Crippen LogP contribution in [0.2, 0.25) is 5.02 Å². The minimum Gasteiger partial charge on any atom is -0.375 e. The van der Waals surface area contributed by atoms with Gasteiger partial charge in [0.2, 0.25) is 0 Å². The zero-order chi connectivity index (χ0) is 17.3. The molecule has 1 unspecified atom stereocenters. The van der Waals surface area contributed by atoms with Crippen LogP contribution in [0.5, 0.6) is 0 Å². The average molecular weight is 344 g/mol. The number of Topliss-reactive ketones (excluding diaryl/α,β-unsaturated/α-hetero) is 1. The summed E-state index contributed by atoms with van der Waals surface area (Å²) < 4.78 is 0. The van der Waals surface area contributed by atoms with Gasteiger partial charge in [-0.15, -0.1) is 0 Å². The lowest BCUT2D eigenvalue weighted by atomic mass is 9.90. The van der Waals surface area contributed by atoms with E-state index in [9.17, 15) is 14.7 Å². The van der Waals surface area contributed by atoms with E-state index >= 15 is 0 Å². The van der Waals surface area contributed by atoms with Gasteiger partial charge in [0.15, 0.2) is 5.60 Å². The van der Waals surface area contributed by atoms with Crippen LogP contribution in [0.1, 0.15) is 24.5 Å². The maximum Gasteiger partial charge on any atom is 0.264 e. The first-order valence-electron chi connectivity index (χ1n) is 7.79. The van der Waals surface area contributed by atoms with E-state index in [1.807, 2.05) is 30.3 Å². The normalized spacial score (nSPS) is 19.5. The molecule has 0 bridgehead atoms. The number of halogens is 1. The van der Waals surface area contributed by atoms with Crippen LogP contribution in [-0.2, 0) is 21.6 Å². The quantitative estimate of drug-likeness (QED) is 0.907. The molecular weight excluding hydrogens is 326 g/mol. The van der Waals surface area contributed by atoms with Crippen LogP contribution in [0.3, 0.4) is 0 Å². The van der Waals surface area contributed by atoms with E-state index in [1.165, 1.54) is 6.92 Å². The zero-order valence-corrected chi connectivity index (χ0v) is 14.1. The van der Waals surface area contributed by atoms with Crippen molar-refractivity contribution in [1.29, 1.82) is 0 Å². The molecule has 2 aromatic carbocycles. The van der Waals surface area contributed by atoms with E-state index in [1.54, 1.807) is 23.1 Å². The second-order valence-corrected chi connectivity index (χ2v) is 6.53. The summed E-state index contributed by atoms with van der Waals surface area (Å²) in [5, 5.41) is 11.3. The summed E-state index contributed by atoms with van der Waals surface area (Å²) >= 11 is 6.03. The molecule has 1 N–H and O–H groups in total. The highest BCUT2D eigenvalue weighted by atomic mass is 35.5. The van der Waals surface area contributed by atoms with E-state index < -0.39 is 11.5 Å². The molecule has 0 aromatic heterocycles. The SMILES string of the molecule is CC(=O)CC1(O)C(=O)N(CCc2ccccc2)c2ccc(Cl)cc21. The minimum atomic E-state index is -1.83. The maximum atomic E-state index is 12.8. The number of hydrogen-bond acceptors (Lipinski definition) is 3. The number of nitrogens with zero attached hydrogens (tertiary/aromatic N) is 1. The second-order valence-electron chi connectivity index (χ2n) is 6.09. The Morgan fingerprint density at radius 3 is 2.58 bits per heavy atom. The third kappa shape index (κ3) is 2.95. The van der Waals surface area contributed by atoms with Crippen LogP contribution in [-0.4, -0.2) is 23.3 Å². The van der Waals surface area contributed by atoms with E-state index in [0.29, 0.717) is 29.2 Å². The van der Waals surface area contributed by atoms with Crippen molar-refractivity contribution in [3.05, 3.63) is 64.7 Å². The zero-order valence-electron chi connectivity index (χ0n) is 13.3. The number of carbonyl (C=O) groups excluding carboxylic acids is 2. The van der Waals surface area contributed by atoms with Crippen molar-refractivity contribution in [3.63, 3.8) is 0 Å². The Kier molecular flexibility index (Phi) is 4.43. The number of ketones is 1. The molecule has 0 aliphatic carbocycles. The molecule has 0 saturated heterocycles. The topological polar surface area (TPSA) is 57.6 Å². The Bertz CT molecular complexity index is 790. The van der Waals surface area contributed by atoms with E-state index in [-0.39, 0.29) is 12.2 Å². The van der Waals surface area contributed by atoms with Gasteiger partial charge in [-0.1, -0.05) is 41.9 Å². The van der Waals surface area contributed by atoms with E-state index in [2.05, 4.69) is 0 Å². The van der Waals surface area contributed by atoms with Crippen molar-refractivity contribution < 1.29 is 14.7 Å². The van der Waals surface area contributed by atoms with Crippen LogP contribution in [0.15, 0.2) is 48.5 Å². The molecule has 2 aromatic rings. The lowest BCUT2D eigenvalue weighted by Gasteiger charge is -2.22. The van der Waals surface area contributed by atoms with Crippen molar-refractivity contribution in [1.82, 2.24) is 0 Å². The number of rotatable bonds is 5. The molecule has 0 radical (unpaired) electrons. The predicted octanol–water partition coefficient (Wildman–Crippen LogP) is 3.10. The highest BCUT2D eigenvalue weighted by Gasteiger charge is 2.50. The molecule has 0 saturated carbocycles. The Morgan fingerprint density at radius 1 is 1.21 bits per heavy atom. The molecule has 124 valence electrons. The monoisotopic (exact) mass is 343 g/mol. The molecule has 24 heavy (non-hydrogen) atoms. The summed E-state index contributed by atoms with van der Waals surface area (Å²) in [6.45, 7) is 1.79. The molecule has 1 atom stereocenters. The molecule has 4 nitrogen and oxygen atoms in total. The fraction of sp³-hybridized carbons (Fsp3) is 0.263. The van der Waals surface area contributed by atoms with E-state index in [4.69, 9.17) is 11.6 Å². The Hall–Kier alpha value is -2.17. The summed E-state index contributed by atoms with van der Waals surface area (Å²) in [7, 11) is 0. The van der Waals surface area contributed by atoms with Gasteiger partial charge in [-0.25, -0.2) is 0 Å². The van der Waals surface area contributed by atoms with Gasteiger partial charge in [0, 0.05) is 23.6 Å². The molecule has 1 aliphatic heterocycles. The van der Waals surface area contributed by atoms with Crippen molar-refractivity contribution in [2.45, 2.75) is 25.4 Å². The number of carbonyl (C=O) groups is 2. The van der Waals surface area contributed by atoms with Crippen LogP contribution >= 0.6 is 11.6 Å². The Labute approximate surface area is 145 Å². The predicted molar refractivity (Wildman–Crippen MR) is 93.1 cm³/mol. The summed E-state index contributed by atoms with van der Waals surface area (Å²) in [6.07, 6.45) is 0.409. The molecular formula is C19H18ClNO3. The molecule has 3 rings (SSSR count). The molecule has 5 heteroatoms. The van der Waals surface area contributed by atoms with Gasteiger partial charge in [0.25, 0.3) is 5.91 Å². The number of benzene rings is 2. The summed E-state index contributed by atoms with van der Waals surface area (Å²) in [4.78, 5) is 25.9. The Balaban J connectivity index is 1.94. The first kappa shape index (κ1) is 16.7. The lowest BCUT2D eigenvalue weighted by molar-refractivity contribution is -0.141. The van der Waals surface area contributed by atoms with Gasteiger partial charge in [-0.3, -0.25) is 9.59 Å². The van der Waals surface area contributed by atoms with Gasteiger partial charge in [-0.05, 0) is 37.1 Å². The van der Waals surface area contributed by atoms with Crippen LogP contribution in [0.25, 0.3) is 0 Å². The van der Waals surface area contributed by atoms with Crippen molar-refractivity contribution in [3.8, 4) is 0 Å². The minimum absolute atomic E-state index is 0.248. The first-order chi connectivity index (χ1) is 11.4. The number of anilines is 1. The second kappa shape index (κ2) is 6.38. The fourth-order valence-electron chi connectivity index (χ4n) is 3.16. The molecule has 1 aliphatic rings. The van der Waals surface area contributed by atoms with Crippen molar-refractivity contribution >= 4 is 29.0 Å². The highest BCUT2D eigenvalue weighted by molar-refractivity contribution is 6.31. The smallest absolute Gasteiger partial charge is 0.264 e. The summed E-state index contributed by atoms with van der Waals surface area (Å²) in [5.74, 6) is -0.715. The van der Waals surface area contributed by atoms with Crippen LogP contribution in [0.4, 0.5) is 5.69 Å². The molecule has 1 amide bonds. The van der Waals surface area contributed by atoms with Gasteiger partial charge in [0.05, 0.1) is 5.69 Å². The standard InChI is InChI=1S/C19H18ClNO3/c1-13(22)12-19(24)16-11-15(20)7-8-17(16)21(18(19)23)10-9-14-5-3-2-4-6-14/h2-8,11,24H,9-10,12H2,1H3. The fourth-order valence-corrected chi connectivity index (χ4v) is 3.33. The van der Waals surface area contributed by atoms with Gasteiger partial charge in [-0.2, -0.15) is 0 Å². The third-order valence-corrected chi connectivity index (χ3v) is 4.50. The summed E-state index contributed by atoms with van der Waals surface area (Å²) in [5.41, 5.74) is 0.290. The van der Waals surface area contributed by atoms with E-state index in [0.717, 1.165) is 5.56 Å². The number of amides is 1. The maximum absolute atomic E-state index is 12.8. The molecule has 0 fully saturated rings. The Morgan fingerprint density at radius 2 is 1.92 bits per heavy atom. The van der Waals surface area contributed by atoms with Gasteiger partial charge in [0.1, 0.15) is 5.78 Å². The average Bonchev–Trinajstić information content (AvgIpc) is 2.74. The van der Waals surface area contributed by atoms with Crippen LogP contribution in [0, 0.1) is 0 Å². The number of fused-ring (bicyclic) bond motifs is 1. The highest BCUT2D eigenvalue weighted by Crippen LogP contribution is 2.43. The van der Waals surface area contributed by atoms with Crippen LogP contribution < -0.4 is 4.90 Å². The largest absolute Gasteiger partial charge is 0.375 e. The van der Waals surface area contributed by atoms with Crippen molar-refractivity contribution in [2.24, 2.45) is 0 Å². The van der Waals surface area contributed by atoms with Gasteiger partial charge >= 0.3 is 0 Å².